The zero-order valence-electron chi connectivity index (χ0n) is 7.71. The lowest BCUT2D eigenvalue weighted by Crippen LogP contribution is -2.54. The van der Waals surface area contributed by atoms with E-state index >= 15 is 0 Å². The van der Waals surface area contributed by atoms with Crippen molar-refractivity contribution in [1.29, 1.82) is 0 Å². The minimum Gasteiger partial charge on any atom is -0.472 e. The molecule has 0 aliphatic carbocycles. The van der Waals surface area contributed by atoms with Gasteiger partial charge in [0, 0.05) is 24.2 Å². The predicted molar refractivity (Wildman–Crippen MR) is 47.8 cm³/mol. The summed E-state index contributed by atoms with van der Waals surface area (Å²) in [6, 6.07) is 2.04. The molecule has 0 bridgehead atoms. The van der Waals surface area contributed by atoms with Crippen LogP contribution >= 0.6 is 0 Å². The van der Waals surface area contributed by atoms with Gasteiger partial charge < -0.3 is 4.42 Å². The second-order valence-electron chi connectivity index (χ2n) is 4.12. The van der Waals surface area contributed by atoms with Crippen LogP contribution in [0.1, 0.15) is 25.8 Å². The van der Waals surface area contributed by atoms with Crippen molar-refractivity contribution in [3.8, 4) is 0 Å². The molecule has 1 aliphatic rings. The molecular weight excluding hydrogens is 150 g/mol. The molecule has 1 aromatic heterocycles. The van der Waals surface area contributed by atoms with E-state index in [-0.39, 0.29) is 0 Å². The molecule has 0 saturated carbocycles. The van der Waals surface area contributed by atoms with Crippen LogP contribution in [0.3, 0.4) is 0 Å². The van der Waals surface area contributed by atoms with Crippen LogP contribution in [-0.4, -0.2) is 17.0 Å². The summed E-state index contributed by atoms with van der Waals surface area (Å²) in [4.78, 5) is 2.47. The fourth-order valence-corrected chi connectivity index (χ4v) is 1.61. The maximum absolute atomic E-state index is 5.03. The van der Waals surface area contributed by atoms with Crippen molar-refractivity contribution in [3.63, 3.8) is 0 Å². The summed E-state index contributed by atoms with van der Waals surface area (Å²) in [5.41, 5.74) is 1.68. The normalized spacial score (nSPS) is 22.2. The Bertz CT molecular complexity index is 251. The fourth-order valence-electron chi connectivity index (χ4n) is 1.61. The van der Waals surface area contributed by atoms with Crippen molar-refractivity contribution < 1.29 is 4.42 Å². The molecule has 0 N–H and O–H groups in total. The molecule has 2 heteroatoms. The predicted octanol–water partition coefficient (Wildman–Crippen LogP) is 2.26. The van der Waals surface area contributed by atoms with Gasteiger partial charge in [0.05, 0.1) is 12.5 Å². The standard InChI is InChI=1S/C10H15NO/c1-10(2)4-5-11(10)7-9-3-6-12-8-9/h3,6,8H,4-5,7H2,1-2H3. The van der Waals surface area contributed by atoms with Crippen molar-refractivity contribution in [2.75, 3.05) is 6.54 Å². The first-order chi connectivity index (χ1) is 5.68. The molecule has 0 atom stereocenters. The molecule has 1 aliphatic heterocycles. The molecule has 1 fully saturated rings. The molecule has 66 valence electrons. The van der Waals surface area contributed by atoms with Crippen molar-refractivity contribution in [2.45, 2.75) is 32.4 Å². The van der Waals surface area contributed by atoms with E-state index in [1.165, 1.54) is 18.5 Å². The highest BCUT2D eigenvalue weighted by atomic mass is 16.3. The second kappa shape index (κ2) is 2.63. The summed E-state index contributed by atoms with van der Waals surface area (Å²) >= 11 is 0. The van der Waals surface area contributed by atoms with Crippen LogP contribution in [0.5, 0.6) is 0 Å². The van der Waals surface area contributed by atoms with Crippen molar-refractivity contribution in [3.05, 3.63) is 24.2 Å². The third-order valence-corrected chi connectivity index (χ3v) is 2.80. The van der Waals surface area contributed by atoms with E-state index in [1.54, 1.807) is 6.26 Å². The highest BCUT2D eigenvalue weighted by Gasteiger charge is 2.35. The van der Waals surface area contributed by atoms with Crippen molar-refractivity contribution in [2.24, 2.45) is 0 Å². The average Bonchev–Trinajstić information content (AvgIpc) is 2.50. The van der Waals surface area contributed by atoms with E-state index in [9.17, 15) is 0 Å². The molecule has 0 amide bonds. The van der Waals surface area contributed by atoms with Gasteiger partial charge in [0.15, 0.2) is 0 Å². The number of hydrogen-bond acceptors (Lipinski definition) is 2. The topological polar surface area (TPSA) is 16.4 Å². The summed E-state index contributed by atoms with van der Waals surface area (Å²) < 4.78 is 5.03. The molecule has 0 aromatic carbocycles. The third-order valence-electron chi connectivity index (χ3n) is 2.80. The van der Waals surface area contributed by atoms with E-state index < -0.39 is 0 Å². The van der Waals surface area contributed by atoms with Crippen molar-refractivity contribution >= 4 is 0 Å². The molecule has 2 rings (SSSR count). The number of likely N-dealkylation sites (tertiary alicyclic amines) is 1. The maximum Gasteiger partial charge on any atom is 0.0947 e. The molecule has 0 radical (unpaired) electrons. The van der Waals surface area contributed by atoms with Crippen LogP contribution in [0.2, 0.25) is 0 Å². The molecule has 2 nitrogen and oxygen atoms in total. The molecule has 1 saturated heterocycles. The highest BCUT2D eigenvalue weighted by molar-refractivity contribution is 5.07. The molecule has 1 aromatic rings. The first kappa shape index (κ1) is 7.87. The van der Waals surface area contributed by atoms with Crippen LogP contribution in [0, 0.1) is 0 Å². The third kappa shape index (κ3) is 1.27. The van der Waals surface area contributed by atoms with Crippen LogP contribution in [0.15, 0.2) is 23.0 Å². The maximum atomic E-state index is 5.03. The Morgan fingerprint density at radius 1 is 1.58 bits per heavy atom. The van der Waals surface area contributed by atoms with Gasteiger partial charge in [0.2, 0.25) is 0 Å². The molecule has 0 spiro atoms. The monoisotopic (exact) mass is 165 g/mol. The Labute approximate surface area is 73.2 Å². The Morgan fingerprint density at radius 2 is 2.42 bits per heavy atom. The SMILES string of the molecule is CC1(C)CCN1Cc1ccoc1. The summed E-state index contributed by atoms with van der Waals surface area (Å²) in [5, 5.41) is 0. The number of nitrogens with zero attached hydrogens (tertiary/aromatic N) is 1. The van der Waals surface area contributed by atoms with E-state index in [0.717, 1.165) is 6.54 Å². The zero-order valence-corrected chi connectivity index (χ0v) is 7.71. The first-order valence-electron chi connectivity index (χ1n) is 4.45. The summed E-state index contributed by atoms with van der Waals surface area (Å²) in [7, 11) is 0. The Hall–Kier alpha value is -0.760. The smallest absolute Gasteiger partial charge is 0.0947 e. The van der Waals surface area contributed by atoms with Gasteiger partial charge in [-0.15, -0.1) is 0 Å². The highest BCUT2D eigenvalue weighted by Crippen LogP contribution is 2.30. The summed E-state index contributed by atoms with van der Waals surface area (Å²) in [6.45, 7) is 6.83. The lowest BCUT2D eigenvalue weighted by atomic mass is 9.88. The molecule has 0 unspecified atom stereocenters. The molecule has 12 heavy (non-hydrogen) atoms. The molecule has 2 heterocycles. The van der Waals surface area contributed by atoms with Crippen LogP contribution in [0.4, 0.5) is 0 Å². The summed E-state index contributed by atoms with van der Waals surface area (Å²) in [5.74, 6) is 0. The van der Waals surface area contributed by atoms with Gasteiger partial charge in [-0.2, -0.15) is 0 Å². The van der Waals surface area contributed by atoms with E-state index in [1.807, 2.05) is 12.3 Å². The Morgan fingerprint density at radius 3 is 2.83 bits per heavy atom. The fraction of sp³-hybridized carbons (Fsp3) is 0.600. The number of furan rings is 1. The van der Waals surface area contributed by atoms with E-state index in [0.29, 0.717) is 5.54 Å². The first-order valence-corrected chi connectivity index (χ1v) is 4.45. The van der Waals surface area contributed by atoms with Crippen LogP contribution < -0.4 is 0 Å². The summed E-state index contributed by atoms with van der Waals surface area (Å²) in [6.07, 6.45) is 4.88. The van der Waals surface area contributed by atoms with E-state index in [4.69, 9.17) is 4.42 Å². The van der Waals surface area contributed by atoms with Gasteiger partial charge in [-0.25, -0.2) is 0 Å². The van der Waals surface area contributed by atoms with Gasteiger partial charge in [0.1, 0.15) is 0 Å². The van der Waals surface area contributed by atoms with Crippen LogP contribution in [-0.2, 0) is 6.54 Å². The lowest BCUT2D eigenvalue weighted by Gasteiger charge is -2.48. The average molecular weight is 165 g/mol. The minimum absolute atomic E-state index is 0.400. The van der Waals surface area contributed by atoms with Crippen LogP contribution in [0.25, 0.3) is 0 Å². The van der Waals surface area contributed by atoms with Gasteiger partial charge in [-0.05, 0) is 26.3 Å². The Balaban J connectivity index is 1.97. The quantitative estimate of drug-likeness (QED) is 0.668. The Kier molecular flexibility index (Phi) is 1.72. The minimum atomic E-state index is 0.400. The van der Waals surface area contributed by atoms with Gasteiger partial charge in [-0.3, -0.25) is 4.90 Å². The van der Waals surface area contributed by atoms with Gasteiger partial charge in [0.25, 0.3) is 0 Å². The van der Waals surface area contributed by atoms with Gasteiger partial charge in [-0.1, -0.05) is 0 Å². The largest absolute Gasteiger partial charge is 0.472 e. The van der Waals surface area contributed by atoms with Crippen molar-refractivity contribution in [1.82, 2.24) is 4.90 Å². The number of hydrogen-bond donors (Lipinski definition) is 0. The second-order valence-corrected chi connectivity index (χ2v) is 4.12. The van der Waals surface area contributed by atoms with Gasteiger partial charge >= 0.3 is 0 Å². The number of rotatable bonds is 2. The zero-order chi connectivity index (χ0) is 8.60. The lowest BCUT2D eigenvalue weighted by molar-refractivity contribution is 0.00781. The van der Waals surface area contributed by atoms with E-state index in [2.05, 4.69) is 18.7 Å². The molecular formula is C10H15NO.